The van der Waals surface area contributed by atoms with Crippen LogP contribution in [-0.2, 0) is 0 Å². The molecule has 76 valence electrons. The first-order valence-electron chi connectivity index (χ1n) is 4.58. The summed E-state index contributed by atoms with van der Waals surface area (Å²) in [5, 5.41) is 9.35. The van der Waals surface area contributed by atoms with Crippen molar-refractivity contribution in [1.82, 2.24) is 4.98 Å². The number of hydrogen-bond donors (Lipinski definition) is 1. The third-order valence-corrected chi connectivity index (χ3v) is 2.13. The van der Waals surface area contributed by atoms with E-state index >= 15 is 0 Å². The second-order valence-corrected chi connectivity index (χ2v) is 3.16. The van der Waals surface area contributed by atoms with Crippen LogP contribution in [0.25, 0.3) is 11.1 Å². The van der Waals surface area contributed by atoms with E-state index < -0.39 is 0 Å². The van der Waals surface area contributed by atoms with Crippen LogP contribution < -0.4 is 4.74 Å². The van der Waals surface area contributed by atoms with Crippen molar-refractivity contribution in [3.8, 4) is 22.6 Å². The maximum absolute atomic E-state index is 9.35. The predicted molar refractivity (Wildman–Crippen MR) is 57.9 cm³/mol. The Kier molecular flexibility index (Phi) is 2.54. The summed E-state index contributed by atoms with van der Waals surface area (Å²) in [6.07, 6.45) is 3.38. The van der Waals surface area contributed by atoms with Gasteiger partial charge in [0.2, 0.25) is 0 Å². The highest BCUT2D eigenvalue weighted by Crippen LogP contribution is 2.24. The first-order valence-corrected chi connectivity index (χ1v) is 4.58. The van der Waals surface area contributed by atoms with E-state index in [1.807, 2.05) is 12.1 Å². The minimum atomic E-state index is 0.246. The number of phenolic OH excluding ortho intramolecular Hbond substituents is 1. The number of aromatic nitrogens is 1. The Morgan fingerprint density at radius 2 is 2.00 bits per heavy atom. The number of methoxy groups -OCH3 is 1. The van der Waals surface area contributed by atoms with E-state index in [4.69, 9.17) is 4.74 Å². The zero-order chi connectivity index (χ0) is 10.7. The van der Waals surface area contributed by atoms with Crippen molar-refractivity contribution >= 4 is 0 Å². The molecule has 0 spiro atoms. The summed E-state index contributed by atoms with van der Waals surface area (Å²) < 4.78 is 5.08. The smallest absolute Gasteiger partial charge is 0.137 e. The molecule has 1 aromatic carbocycles. The molecule has 1 N–H and O–H groups in total. The van der Waals surface area contributed by atoms with Crippen LogP contribution >= 0.6 is 0 Å². The van der Waals surface area contributed by atoms with E-state index in [1.165, 1.54) is 0 Å². The monoisotopic (exact) mass is 201 g/mol. The third kappa shape index (κ3) is 2.07. The first-order chi connectivity index (χ1) is 7.29. The summed E-state index contributed by atoms with van der Waals surface area (Å²) in [5.74, 6) is 0.950. The summed E-state index contributed by atoms with van der Waals surface area (Å²) in [7, 11) is 1.60. The largest absolute Gasteiger partial charge is 0.508 e. The van der Waals surface area contributed by atoms with Crippen LogP contribution in [-0.4, -0.2) is 17.2 Å². The molecule has 0 unspecified atom stereocenters. The Labute approximate surface area is 88.0 Å². The molecule has 0 aliphatic rings. The number of nitrogens with zero attached hydrogens (tertiary/aromatic N) is 1. The first kappa shape index (κ1) is 9.52. The van der Waals surface area contributed by atoms with Crippen molar-refractivity contribution in [2.45, 2.75) is 0 Å². The quantitative estimate of drug-likeness (QED) is 0.811. The van der Waals surface area contributed by atoms with Gasteiger partial charge in [0, 0.05) is 11.8 Å². The van der Waals surface area contributed by atoms with Gasteiger partial charge in [0.05, 0.1) is 13.3 Å². The van der Waals surface area contributed by atoms with Gasteiger partial charge in [-0.2, -0.15) is 0 Å². The van der Waals surface area contributed by atoms with Gasteiger partial charge in [-0.1, -0.05) is 12.1 Å². The van der Waals surface area contributed by atoms with Crippen molar-refractivity contribution in [2.75, 3.05) is 7.11 Å². The van der Waals surface area contributed by atoms with E-state index in [1.54, 1.807) is 37.7 Å². The molecule has 0 atom stereocenters. The van der Waals surface area contributed by atoms with Gasteiger partial charge in [-0.05, 0) is 23.8 Å². The summed E-state index contributed by atoms with van der Waals surface area (Å²) in [5.41, 5.74) is 1.84. The lowest BCUT2D eigenvalue weighted by Gasteiger charge is -2.04. The number of aromatic hydroxyl groups is 1. The predicted octanol–water partition coefficient (Wildman–Crippen LogP) is 2.46. The Bertz CT molecular complexity index is 469. The van der Waals surface area contributed by atoms with Crippen LogP contribution in [0.2, 0.25) is 0 Å². The highest BCUT2D eigenvalue weighted by Gasteiger charge is 2.00. The second-order valence-electron chi connectivity index (χ2n) is 3.16. The molecule has 0 bridgehead atoms. The third-order valence-electron chi connectivity index (χ3n) is 2.13. The molecule has 0 aliphatic carbocycles. The van der Waals surface area contributed by atoms with E-state index in [9.17, 15) is 5.11 Å². The Balaban J connectivity index is 2.44. The lowest BCUT2D eigenvalue weighted by atomic mass is 10.1. The van der Waals surface area contributed by atoms with E-state index in [2.05, 4.69) is 4.98 Å². The minimum Gasteiger partial charge on any atom is -0.508 e. The molecule has 0 aliphatic heterocycles. The Morgan fingerprint density at radius 3 is 2.73 bits per heavy atom. The van der Waals surface area contributed by atoms with E-state index in [0.29, 0.717) is 5.75 Å². The topological polar surface area (TPSA) is 42.4 Å². The van der Waals surface area contributed by atoms with Crippen molar-refractivity contribution in [2.24, 2.45) is 0 Å². The van der Waals surface area contributed by atoms with Crippen molar-refractivity contribution in [1.29, 1.82) is 0 Å². The fraction of sp³-hybridized carbons (Fsp3) is 0.0833. The second kappa shape index (κ2) is 4.00. The zero-order valence-corrected chi connectivity index (χ0v) is 8.34. The standard InChI is InChI=1S/C12H11NO2/c1-15-12-6-10(7-13-8-12)9-3-2-4-11(14)5-9/h2-8,14H,1H3. The minimum absolute atomic E-state index is 0.246. The summed E-state index contributed by atoms with van der Waals surface area (Å²) in [6, 6.07) is 8.91. The van der Waals surface area contributed by atoms with Crippen molar-refractivity contribution in [3.63, 3.8) is 0 Å². The van der Waals surface area contributed by atoms with Gasteiger partial charge in [-0.25, -0.2) is 0 Å². The van der Waals surface area contributed by atoms with Gasteiger partial charge in [0.25, 0.3) is 0 Å². The normalized spacial score (nSPS) is 9.93. The molecule has 3 nitrogen and oxygen atoms in total. The van der Waals surface area contributed by atoms with Gasteiger partial charge >= 0.3 is 0 Å². The zero-order valence-electron chi connectivity index (χ0n) is 8.34. The molecule has 0 saturated heterocycles. The summed E-state index contributed by atoms with van der Waals surface area (Å²) >= 11 is 0. The number of benzene rings is 1. The number of hydrogen-bond acceptors (Lipinski definition) is 3. The molecule has 2 rings (SSSR count). The van der Waals surface area contributed by atoms with Crippen LogP contribution in [0.3, 0.4) is 0 Å². The summed E-state index contributed by atoms with van der Waals surface area (Å²) in [4.78, 5) is 4.05. The van der Waals surface area contributed by atoms with Crippen LogP contribution in [0.4, 0.5) is 0 Å². The van der Waals surface area contributed by atoms with Gasteiger partial charge in [0.15, 0.2) is 0 Å². The average Bonchev–Trinajstić information content (AvgIpc) is 2.29. The Morgan fingerprint density at radius 1 is 1.13 bits per heavy atom. The highest BCUT2D eigenvalue weighted by molar-refractivity contribution is 5.65. The number of pyridine rings is 1. The molecular weight excluding hydrogens is 190 g/mol. The highest BCUT2D eigenvalue weighted by atomic mass is 16.5. The molecule has 0 amide bonds. The molecule has 1 heterocycles. The maximum Gasteiger partial charge on any atom is 0.137 e. The van der Waals surface area contributed by atoms with Gasteiger partial charge in [-0.3, -0.25) is 4.98 Å². The SMILES string of the molecule is COc1cncc(-c2cccc(O)c2)c1. The van der Waals surface area contributed by atoms with Crippen LogP contribution in [0.1, 0.15) is 0 Å². The van der Waals surface area contributed by atoms with Crippen LogP contribution in [0.15, 0.2) is 42.7 Å². The molecule has 0 radical (unpaired) electrons. The van der Waals surface area contributed by atoms with Gasteiger partial charge in [0.1, 0.15) is 11.5 Å². The summed E-state index contributed by atoms with van der Waals surface area (Å²) in [6.45, 7) is 0. The van der Waals surface area contributed by atoms with Gasteiger partial charge in [-0.15, -0.1) is 0 Å². The number of phenols is 1. The van der Waals surface area contributed by atoms with Crippen LogP contribution in [0.5, 0.6) is 11.5 Å². The Hall–Kier alpha value is -2.03. The molecule has 0 fully saturated rings. The van der Waals surface area contributed by atoms with E-state index in [0.717, 1.165) is 11.1 Å². The molecule has 3 heteroatoms. The number of rotatable bonds is 2. The van der Waals surface area contributed by atoms with E-state index in [-0.39, 0.29) is 5.75 Å². The van der Waals surface area contributed by atoms with Crippen LogP contribution in [0, 0.1) is 0 Å². The lowest BCUT2D eigenvalue weighted by molar-refractivity contribution is 0.413. The van der Waals surface area contributed by atoms with Crippen molar-refractivity contribution < 1.29 is 9.84 Å². The molecule has 15 heavy (non-hydrogen) atoms. The fourth-order valence-corrected chi connectivity index (χ4v) is 1.37. The van der Waals surface area contributed by atoms with Crippen molar-refractivity contribution in [3.05, 3.63) is 42.7 Å². The molecule has 2 aromatic rings. The lowest BCUT2D eigenvalue weighted by Crippen LogP contribution is -1.85. The fourth-order valence-electron chi connectivity index (χ4n) is 1.37. The number of ether oxygens (including phenoxy) is 1. The molecule has 0 saturated carbocycles. The molecular formula is C12H11NO2. The van der Waals surface area contributed by atoms with Gasteiger partial charge < -0.3 is 9.84 Å². The maximum atomic E-state index is 9.35. The average molecular weight is 201 g/mol. The molecule has 1 aromatic heterocycles.